The number of benzene rings is 2. The highest BCUT2D eigenvalue weighted by molar-refractivity contribution is 6.02. The lowest BCUT2D eigenvalue weighted by molar-refractivity contribution is -0.137. The molecule has 25 heavy (non-hydrogen) atoms. The molecule has 0 aliphatic heterocycles. The average Bonchev–Trinajstić information content (AvgIpc) is 3.11. The van der Waals surface area contributed by atoms with Gasteiger partial charge in [0.15, 0.2) is 0 Å². The molecule has 0 saturated carbocycles. The Morgan fingerprint density at radius 1 is 1.04 bits per heavy atom. The average molecular weight is 347 g/mol. The van der Waals surface area contributed by atoms with E-state index in [0.717, 1.165) is 12.1 Å². The molecule has 0 aliphatic carbocycles. The lowest BCUT2D eigenvalue weighted by Crippen LogP contribution is -2.12. The molecule has 8 heteroatoms. The number of aromatic amines is 1. The van der Waals surface area contributed by atoms with E-state index in [1.807, 2.05) is 0 Å². The molecule has 0 unspecified atom stereocenters. The van der Waals surface area contributed by atoms with Gasteiger partial charge in [-0.05, 0) is 48.5 Å². The highest BCUT2D eigenvalue weighted by Gasteiger charge is 2.30. The van der Waals surface area contributed by atoms with E-state index in [0.29, 0.717) is 17.1 Å². The second-order valence-corrected chi connectivity index (χ2v) is 5.08. The number of alkyl halides is 3. The highest BCUT2D eigenvalue weighted by atomic mass is 19.4. The number of hydrogen-bond donors (Lipinski definition) is 2. The van der Waals surface area contributed by atoms with E-state index in [-0.39, 0.29) is 11.7 Å². The van der Waals surface area contributed by atoms with Crippen molar-refractivity contribution in [2.45, 2.75) is 6.18 Å². The molecule has 2 aromatic carbocycles. The van der Waals surface area contributed by atoms with Crippen molar-refractivity contribution in [1.82, 2.24) is 10.2 Å². The Bertz CT molecular complexity index is 860. The fourth-order valence-corrected chi connectivity index (χ4v) is 2.06. The highest BCUT2D eigenvalue weighted by Crippen LogP contribution is 2.32. The van der Waals surface area contributed by atoms with Crippen molar-refractivity contribution in [3.05, 3.63) is 72.1 Å². The summed E-state index contributed by atoms with van der Waals surface area (Å²) in [6, 6.07) is 12.4. The quantitative estimate of drug-likeness (QED) is 0.732. The summed E-state index contributed by atoms with van der Waals surface area (Å²) >= 11 is 0. The van der Waals surface area contributed by atoms with Crippen LogP contribution in [0.25, 0.3) is 0 Å². The second kappa shape index (κ2) is 6.68. The zero-order valence-electron chi connectivity index (χ0n) is 12.7. The molecule has 3 rings (SSSR count). The summed E-state index contributed by atoms with van der Waals surface area (Å²) in [5.74, 6) is 0.0620. The lowest BCUT2D eigenvalue weighted by Gasteiger charge is -2.10. The van der Waals surface area contributed by atoms with Gasteiger partial charge in [-0.15, -0.1) is 0 Å². The Morgan fingerprint density at radius 2 is 1.80 bits per heavy atom. The molecule has 1 aromatic heterocycles. The van der Waals surface area contributed by atoms with E-state index < -0.39 is 11.7 Å². The maximum atomic E-state index is 12.7. The Hall–Kier alpha value is -3.29. The summed E-state index contributed by atoms with van der Waals surface area (Å²) < 4.78 is 43.5. The fraction of sp³-hybridized carbons (Fsp3) is 0.0588. The smallest absolute Gasteiger partial charge is 0.416 e. The van der Waals surface area contributed by atoms with Crippen LogP contribution in [0.2, 0.25) is 0 Å². The summed E-state index contributed by atoms with van der Waals surface area (Å²) in [4.78, 5) is 11.9. The minimum atomic E-state index is -4.43. The van der Waals surface area contributed by atoms with Gasteiger partial charge < -0.3 is 10.1 Å². The van der Waals surface area contributed by atoms with E-state index in [1.165, 1.54) is 24.4 Å². The van der Waals surface area contributed by atoms with Gasteiger partial charge in [-0.25, -0.2) is 0 Å². The van der Waals surface area contributed by atoms with Gasteiger partial charge in [-0.3, -0.25) is 9.89 Å². The second-order valence-electron chi connectivity index (χ2n) is 5.08. The minimum Gasteiger partial charge on any atom is -0.457 e. The van der Waals surface area contributed by atoms with E-state index >= 15 is 0 Å². The van der Waals surface area contributed by atoms with Crippen LogP contribution in [0.1, 0.15) is 16.1 Å². The Kier molecular flexibility index (Phi) is 4.42. The zero-order valence-corrected chi connectivity index (χ0v) is 12.7. The maximum absolute atomic E-state index is 12.7. The molecular weight excluding hydrogens is 335 g/mol. The van der Waals surface area contributed by atoms with Crippen LogP contribution in [0.5, 0.6) is 11.5 Å². The molecule has 0 aliphatic rings. The predicted molar refractivity (Wildman–Crippen MR) is 84.5 cm³/mol. The number of nitrogens with one attached hydrogen (secondary N) is 2. The molecule has 1 heterocycles. The molecule has 0 bridgehead atoms. The van der Waals surface area contributed by atoms with Gasteiger partial charge in [0.05, 0.1) is 5.56 Å². The number of H-pyrrole nitrogens is 1. The third-order valence-electron chi connectivity index (χ3n) is 3.25. The SMILES string of the molecule is O=C(Nc1ccc(Oc2cccc(C(F)(F)F)c2)cc1)c1ccn[nH]1. The molecule has 5 nitrogen and oxygen atoms in total. The van der Waals surface area contributed by atoms with E-state index in [1.54, 1.807) is 24.3 Å². The van der Waals surface area contributed by atoms with Crippen LogP contribution in [-0.2, 0) is 6.18 Å². The maximum Gasteiger partial charge on any atom is 0.416 e. The van der Waals surface area contributed by atoms with Gasteiger partial charge in [-0.2, -0.15) is 18.3 Å². The molecule has 2 N–H and O–H groups in total. The molecule has 128 valence electrons. The zero-order chi connectivity index (χ0) is 17.9. The van der Waals surface area contributed by atoms with Crippen molar-refractivity contribution in [1.29, 1.82) is 0 Å². The number of carbonyl (C=O) groups excluding carboxylic acids is 1. The van der Waals surface area contributed by atoms with Gasteiger partial charge in [0.25, 0.3) is 5.91 Å². The lowest BCUT2D eigenvalue weighted by atomic mass is 10.2. The first-order chi connectivity index (χ1) is 11.9. The first-order valence-corrected chi connectivity index (χ1v) is 7.18. The first-order valence-electron chi connectivity index (χ1n) is 7.18. The molecular formula is C17H12F3N3O2. The molecule has 0 radical (unpaired) electrons. The number of anilines is 1. The number of ether oxygens (including phenoxy) is 1. The summed E-state index contributed by atoms with van der Waals surface area (Å²) in [6.07, 6.45) is -2.97. The molecule has 0 fully saturated rings. The molecule has 0 saturated heterocycles. The molecule has 1 amide bonds. The van der Waals surface area contributed by atoms with Crippen molar-refractivity contribution in [3.8, 4) is 11.5 Å². The third-order valence-corrected chi connectivity index (χ3v) is 3.25. The van der Waals surface area contributed by atoms with Gasteiger partial charge >= 0.3 is 6.18 Å². The number of carbonyl (C=O) groups is 1. The standard InChI is InChI=1S/C17H12F3N3O2/c18-17(19,20)11-2-1-3-14(10-11)25-13-6-4-12(5-7-13)22-16(24)15-8-9-21-23-15/h1-10H,(H,21,23)(H,22,24). The van der Waals surface area contributed by atoms with E-state index in [9.17, 15) is 18.0 Å². The van der Waals surface area contributed by atoms with Crippen LogP contribution >= 0.6 is 0 Å². The normalized spacial score (nSPS) is 11.2. The molecule has 0 atom stereocenters. The van der Waals surface area contributed by atoms with Crippen LogP contribution in [0.15, 0.2) is 60.8 Å². The number of rotatable bonds is 4. The summed E-state index contributed by atoms with van der Waals surface area (Å²) in [5, 5.41) is 8.87. The first kappa shape index (κ1) is 16.6. The predicted octanol–water partition coefficient (Wildman–Crippen LogP) is 4.47. The monoisotopic (exact) mass is 347 g/mol. The van der Waals surface area contributed by atoms with Gasteiger partial charge in [-0.1, -0.05) is 6.07 Å². The summed E-state index contributed by atoms with van der Waals surface area (Å²) in [7, 11) is 0. The van der Waals surface area contributed by atoms with Crippen LogP contribution in [-0.4, -0.2) is 16.1 Å². The van der Waals surface area contributed by atoms with Crippen molar-refractivity contribution >= 4 is 11.6 Å². The fourth-order valence-electron chi connectivity index (χ4n) is 2.06. The number of hydrogen-bond acceptors (Lipinski definition) is 3. The van der Waals surface area contributed by atoms with Crippen LogP contribution in [0, 0.1) is 0 Å². The Balaban J connectivity index is 1.68. The summed E-state index contributed by atoms with van der Waals surface area (Å²) in [5.41, 5.74) is 0.0359. The minimum absolute atomic E-state index is 0.0732. The molecule has 3 aromatic rings. The Labute approximate surface area is 140 Å². The largest absolute Gasteiger partial charge is 0.457 e. The number of amides is 1. The van der Waals surface area contributed by atoms with Crippen molar-refractivity contribution in [2.24, 2.45) is 0 Å². The number of halogens is 3. The van der Waals surface area contributed by atoms with Crippen molar-refractivity contribution < 1.29 is 22.7 Å². The van der Waals surface area contributed by atoms with Gasteiger partial charge in [0, 0.05) is 11.9 Å². The summed E-state index contributed by atoms with van der Waals surface area (Å²) in [6.45, 7) is 0. The third kappa shape index (κ3) is 4.17. The van der Waals surface area contributed by atoms with Crippen LogP contribution < -0.4 is 10.1 Å². The Morgan fingerprint density at radius 3 is 2.44 bits per heavy atom. The van der Waals surface area contributed by atoms with Crippen LogP contribution in [0.3, 0.4) is 0 Å². The van der Waals surface area contributed by atoms with Crippen molar-refractivity contribution in [3.63, 3.8) is 0 Å². The molecule has 0 spiro atoms. The van der Waals surface area contributed by atoms with Crippen LogP contribution in [0.4, 0.5) is 18.9 Å². The van der Waals surface area contributed by atoms with E-state index in [4.69, 9.17) is 4.74 Å². The van der Waals surface area contributed by atoms with Gasteiger partial charge in [0.1, 0.15) is 17.2 Å². The van der Waals surface area contributed by atoms with Gasteiger partial charge in [0.2, 0.25) is 0 Å². The number of aromatic nitrogens is 2. The van der Waals surface area contributed by atoms with Crippen molar-refractivity contribution in [2.75, 3.05) is 5.32 Å². The topological polar surface area (TPSA) is 67.0 Å². The van der Waals surface area contributed by atoms with E-state index in [2.05, 4.69) is 15.5 Å². The number of nitrogens with zero attached hydrogens (tertiary/aromatic N) is 1.